The van der Waals surface area contributed by atoms with Crippen LogP contribution in [0, 0.1) is 25.2 Å². The van der Waals surface area contributed by atoms with Gasteiger partial charge in [-0.3, -0.25) is 4.18 Å². The second-order valence-corrected chi connectivity index (χ2v) is 7.32. The highest BCUT2D eigenvalue weighted by Gasteiger charge is 2.15. The van der Waals surface area contributed by atoms with E-state index in [1.807, 2.05) is 13.0 Å². The molecule has 0 bridgehead atoms. The summed E-state index contributed by atoms with van der Waals surface area (Å²) in [7, 11) is -3.80. The molecule has 2 aromatic heterocycles. The normalized spacial score (nSPS) is 11.4. The van der Waals surface area contributed by atoms with Crippen LogP contribution < -0.4 is 5.32 Å². The Balaban J connectivity index is 1.67. The minimum atomic E-state index is -3.80. The Morgan fingerprint density at radius 1 is 1.27 bits per heavy atom. The van der Waals surface area contributed by atoms with Crippen molar-refractivity contribution < 1.29 is 12.6 Å². The van der Waals surface area contributed by atoms with E-state index >= 15 is 0 Å². The van der Waals surface area contributed by atoms with Crippen molar-refractivity contribution in [3.8, 4) is 6.07 Å². The summed E-state index contributed by atoms with van der Waals surface area (Å²) in [6, 6.07) is 10.3. The maximum atomic E-state index is 12.1. The molecule has 0 radical (unpaired) electrons. The molecule has 0 aliphatic carbocycles. The summed E-state index contributed by atoms with van der Waals surface area (Å²) in [6.07, 6.45) is 1.44. The van der Waals surface area contributed by atoms with Crippen LogP contribution in [0.4, 0.5) is 5.82 Å². The molecule has 0 aliphatic heterocycles. The molecule has 0 spiro atoms. The molecular weight excluding hydrogens is 354 g/mol. The molecule has 26 heavy (non-hydrogen) atoms. The lowest BCUT2D eigenvalue weighted by molar-refractivity contribution is 0.331. The fraction of sp³-hybridized carbons (Fsp3) is 0.235. The van der Waals surface area contributed by atoms with Gasteiger partial charge in [0.1, 0.15) is 17.5 Å². The van der Waals surface area contributed by atoms with Crippen LogP contribution in [-0.4, -0.2) is 36.2 Å². The zero-order valence-electron chi connectivity index (χ0n) is 14.3. The van der Waals surface area contributed by atoms with Crippen molar-refractivity contribution in [2.45, 2.75) is 18.7 Å². The topological polar surface area (TPSA) is 109 Å². The van der Waals surface area contributed by atoms with Crippen molar-refractivity contribution >= 4 is 21.6 Å². The summed E-state index contributed by atoms with van der Waals surface area (Å²) in [4.78, 5) is 4.41. The zero-order chi connectivity index (χ0) is 18.7. The number of aryl methyl sites for hydroxylation is 2. The molecule has 3 rings (SSSR count). The molecule has 134 valence electrons. The van der Waals surface area contributed by atoms with Gasteiger partial charge in [0.2, 0.25) is 0 Å². The standard InChI is InChI=1S/C17H17N5O3S/c1-12-3-5-15(6-4-12)26(23,24)25-8-7-19-16-9-13(2)21-17-14(10-18)11-20-22(16)17/h3-6,9,11,19H,7-8H2,1-2H3. The third-order valence-corrected chi connectivity index (χ3v) is 5.00. The van der Waals surface area contributed by atoms with E-state index in [-0.39, 0.29) is 18.0 Å². The van der Waals surface area contributed by atoms with Crippen LogP contribution in [0.1, 0.15) is 16.8 Å². The highest BCUT2D eigenvalue weighted by atomic mass is 32.2. The summed E-state index contributed by atoms with van der Waals surface area (Å²) < 4.78 is 30.9. The highest BCUT2D eigenvalue weighted by molar-refractivity contribution is 7.86. The second-order valence-electron chi connectivity index (χ2n) is 5.70. The van der Waals surface area contributed by atoms with Gasteiger partial charge in [-0.05, 0) is 26.0 Å². The van der Waals surface area contributed by atoms with Crippen LogP contribution in [0.15, 0.2) is 41.4 Å². The van der Waals surface area contributed by atoms with E-state index < -0.39 is 10.1 Å². The molecule has 0 saturated carbocycles. The highest BCUT2D eigenvalue weighted by Crippen LogP contribution is 2.16. The molecule has 0 saturated heterocycles. The minimum absolute atomic E-state index is 0.0501. The second kappa shape index (κ2) is 7.11. The van der Waals surface area contributed by atoms with Gasteiger partial charge in [0.15, 0.2) is 5.65 Å². The maximum Gasteiger partial charge on any atom is 0.297 e. The van der Waals surface area contributed by atoms with Gasteiger partial charge in [-0.1, -0.05) is 17.7 Å². The van der Waals surface area contributed by atoms with Gasteiger partial charge in [0.25, 0.3) is 10.1 Å². The molecule has 1 N–H and O–H groups in total. The monoisotopic (exact) mass is 371 g/mol. The van der Waals surface area contributed by atoms with Gasteiger partial charge >= 0.3 is 0 Å². The summed E-state index contributed by atoms with van der Waals surface area (Å²) in [6.45, 7) is 3.88. The number of fused-ring (bicyclic) bond motifs is 1. The lowest BCUT2D eigenvalue weighted by Crippen LogP contribution is -2.16. The van der Waals surface area contributed by atoms with Gasteiger partial charge in [-0.15, -0.1) is 0 Å². The van der Waals surface area contributed by atoms with E-state index in [2.05, 4.69) is 15.4 Å². The van der Waals surface area contributed by atoms with E-state index in [1.165, 1.54) is 22.8 Å². The van der Waals surface area contributed by atoms with E-state index in [4.69, 9.17) is 9.44 Å². The fourth-order valence-corrected chi connectivity index (χ4v) is 3.30. The van der Waals surface area contributed by atoms with Gasteiger partial charge < -0.3 is 5.32 Å². The number of aromatic nitrogens is 3. The minimum Gasteiger partial charge on any atom is -0.368 e. The summed E-state index contributed by atoms with van der Waals surface area (Å²) in [5, 5.41) is 16.3. The van der Waals surface area contributed by atoms with Crippen molar-refractivity contribution in [1.82, 2.24) is 14.6 Å². The van der Waals surface area contributed by atoms with E-state index in [0.717, 1.165) is 5.56 Å². The number of hydrogen-bond donors (Lipinski definition) is 1. The molecule has 0 fully saturated rings. The van der Waals surface area contributed by atoms with Crippen LogP contribution in [0.2, 0.25) is 0 Å². The molecule has 0 aliphatic rings. The lowest BCUT2D eigenvalue weighted by Gasteiger charge is -2.10. The molecule has 8 nitrogen and oxygen atoms in total. The molecular formula is C17H17N5O3S. The predicted octanol–water partition coefficient (Wildman–Crippen LogP) is 2.04. The molecule has 0 amide bonds. The fourth-order valence-electron chi connectivity index (χ4n) is 2.39. The third-order valence-electron chi connectivity index (χ3n) is 3.68. The Labute approximate surface area is 151 Å². The summed E-state index contributed by atoms with van der Waals surface area (Å²) >= 11 is 0. The van der Waals surface area contributed by atoms with Crippen molar-refractivity contribution in [2.75, 3.05) is 18.5 Å². The lowest BCUT2D eigenvalue weighted by atomic mass is 10.2. The molecule has 1 aromatic carbocycles. The van der Waals surface area contributed by atoms with Crippen molar-refractivity contribution in [3.63, 3.8) is 0 Å². The van der Waals surface area contributed by atoms with Gasteiger partial charge in [0, 0.05) is 18.3 Å². The van der Waals surface area contributed by atoms with Crippen molar-refractivity contribution in [3.05, 3.63) is 53.3 Å². The number of benzene rings is 1. The first-order chi connectivity index (χ1) is 12.4. The summed E-state index contributed by atoms with van der Waals surface area (Å²) in [5.41, 5.74) is 2.50. The first kappa shape index (κ1) is 17.8. The largest absolute Gasteiger partial charge is 0.368 e. The number of nitriles is 1. The Morgan fingerprint density at radius 3 is 2.69 bits per heavy atom. The molecule has 2 heterocycles. The summed E-state index contributed by atoms with van der Waals surface area (Å²) in [5.74, 6) is 0.602. The van der Waals surface area contributed by atoms with Gasteiger partial charge in [-0.2, -0.15) is 23.3 Å². The first-order valence-electron chi connectivity index (χ1n) is 7.86. The molecule has 9 heteroatoms. The average Bonchev–Trinajstić information content (AvgIpc) is 3.02. The number of nitrogens with one attached hydrogen (secondary N) is 1. The van der Waals surface area contributed by atoms with Crippen LogP contribution in [0.25, 0.3) is 5.65 Å². The quantitative estimate of drug-likeness (QED) is 0.521. The number of rotatable bonds is 6. The Morgan fingerprint density at radius 2 is 2.00 bits per heavy atom. The Bertz CT molecular complexity index is 1080. The third kappa shape index (κ3) is 3.66. The average molecular weight is 371 g/mol. The number of hydrogen-bond acceptors (Lipinski definition) is 7. The van der Waals surface area contributed by atoms with Crippen LogP contribution in [0.3, 0.4) is 0 Å². The molecule has 0 unspecified atom stereocenters. The van der Waals surface area contributed by atoms with Crippen LogP contribution in [-0.2, 0) is 14.3 Å². The number of anilines is 1. The van der Waals surface area contributed by atoms with E-state index in [9.17, 15) is 8.42 Å². The van der Waals surface area contributed by atoms with Gasteiger partial charge in [-0.25, -0.2) is 4.98 Å². The maximum absolute atomic E-state index is 12.1. The van der Waals surface area contributed by atoms with E-state index in [0.29, 0.717) is 22.7 Å². The predicted molar refractivity (Wildman–Crippen MR) is 95.2 cm³/mol. The van der Waals surface area contributed by atoms with Crippen molar-refractivity contribution in [2.24, 2.45) is 0 Å². The van der Waals surface area contributed by atoms with E-state index in [1.54, 1.807) is 25.1 Å². The first-order valence-corrected chi connectivity index (χ1v) is 9.27. The molecule has 3 aromatic rings. The Kier molecular flexibility index (Phi) is 4.88. The van der Waals surface area contributed by atoms with Crippen LogP contribution >= 0.6 is 0 Å². The van der Waals surface area contributed by atoms with Crippen LogP contribution in [0.5, 0.6) is 0 Å². The molecule has 0 atom stereocenters. The SMILES string of the molecule is Cc1ccc(S(=O)(=O)OCCNc2cc(C)nc3c(C#N)cnn23)cc1. The smallest absolute Gasteiger partial charge is 0.297 e. The zero-order valence-corrected chi connectivity index (χ0v) is 15.1. The Hall–Kier alpha value is -2.96. The van der Waals surface area contributed by atoms with Crippen molar-refractivity contribution in [1.29, 1.82) is 5.26 Å². The number of nitrogens with zero attached hydrogens (tertiary/aromatic N) is 4. The van der Waals surface area contributed by atoms with Gasteiger partial charge in [0.05, 0.1) is 17.7 Å².